The summed E-state index contributed by atoms with van der Waals surface area (Å²) >= 11 is 1.80. The van der Waals surface area contributed by atoms with Crippen molar-refractivity contribution in [2.45, 2.75) is 19.6 Å². The van der Waals surface area contributed by atoms with Crippen molar-refractivity contribution in [1.29, 1.82) is 0 Å². The first kappa shape index (κ1) is 13.9. The van der Waals surface area contributed by atoms with Crippen LogP contribution < -0.4 is 5.73 Å². The first-order valence-corrected chi connectivity index (χ1v) is 6.75. The largest absolute Gasteiger partial charge is 0.465 e. The highest BCUT2D eigenvalue weighted by Gasteiger charge is 2.15. The molecule has 0 heterocycles. The van der Waals surface area contributed by atoms with E-state index in [1.165, 1.54) is 7.11 Å². The lowest BCUT2D eigenvalue weighted by molar-refractivity contribution is 0.0601. The van der Waals surface area contributed by atoms with Crippen LogP contribution in [-0.2, 0) is 10.5 Å². The van der Waals surface area contributed by atoms with Gasteiger partial charge in [0.2, 0.25) is 0 Å². The summed E-state index contributed by atoms with van der Waals surface area (Å²) in [5, 5.41) is 0. The summed E-state index contributed by atoms with van der Waals surface area (Å²) in [6.45, 7) is 4.35. The molecule has 4 heteroatoms. The van der Waals surface area contributed by atoms with E-state index in [9.17, 15) is 4.79 Å². The molecule has 0 saturated heterocycles. The van der Waals surface area contributed by atoms with E-state index in [0.29, 0.717) is 17.2 Å². The average Bonchev–Trinajstić information content (AvgIpc) is 2.28. The number of thioether (sulfide) groups is 1. The van der Waals surface area contributed by atoms with Crippen LogP contribution in [0.4, 0.5) is 5.69 Å². The molecular weight excluding hydrogens is 234 g/mol. The summed E-state index contributed by atoms with van der Waals surface area (Å²) in [6.07, 6.45) is 0. The summed E-state index contributed by atoms with van der Waals surface area (Å²) in [5.74, 6) is 2.13. The summed E-state index contributed by atoms with van der Waals surface area (Å²) in [4.78, 5) is 11.6. The zero-order valence-corrected chi connectivity index (χ0v) is 11.3. The number of hydrogen-bond acceptors (Lipinski definition) is 4. The number of benzene rings is 1. The van der Waals surface area contributed by atoms with E-state index in [2.05, 4.69) is 13.8 Å². The zero-order valence-electron chi connectivity index (χ0n) is 10.5. The van der Waals surface area contributed by atoms with Crippen molar-refractivity contribution in [2.24, 2.45) is 5.92 Å². The van der Waals surface area contributed by atoms with E-state index >= 15 is 0 Å². The van der Waals surface area contributed by atoms with Gasteiger partial charge in [0.05, 0.1) is 12.7 Å². The van der Waals surface area contributed by atoms with Crippen LogP contribution >= 0.6 is 11.8 Å². The number of anilines is 1. The Labute approximate surface area is 107 Å². The fourth-order valence-corrected chi connectivity index (χ4v) is 2.55. The van der Waals surface area contributed by atoms with Gasteiger partial charge in [-0.25, -0.2) is 4.79 Å². The van der Waals surface area contributed by atoms with Gasteiger partial charge >= 0.3 is 5.97 Å². The van der Waals surface area contributed by atoms with E-state index in [1.54, 1.807) is 17.8 Å². The van der Waals surface area contributed by atoms with Crippen LogP contribution in [0.3, 0.4) is 0 Å². The predicted octanol–water partition coefficient (Wildman–Crippen LogP) is 2.94. The van der Waals surface area contributed by atoms with Gasteiger partial charge in [-0.15, -0.1) is 0 Å². The first-order chi connectivity index (χ1) is 8.06. The summed E-state index contributed by atoms with van der Waals surface area (Å²) in [7, 11) is 1.37. The predicted molar refractivity (Wildman–Crippen MR) is 73.2 cm³/mol. The van der Waals surface area contributed by atoms with E-state index in [4.69, 9.17) is 10.5 Å². The van der Waals surface area contributed by atoms with Crippen molar-refractivity contribution in [3.8, 4) is 0 Å². The van der Waals surface area contributed by atoms with E-state index in [-0.39, 0.29) is 5.97 Å². The Morgan fingerprint density at radius 3 is 2.76 bits per heavy atom. The molecule has 0 aromatic heterocycles. The maximum Gasteiger partial charge on any atom is 0.340 e. The fourth-order valence-electron chi connectivity index (χ4n) is 1.50. The van der Waals surface area contributed by atoms with Crippen molar-refractivity contribution in [3.05, 3.63) is 29.3 Å². The number of nitrogen functional groups attached to an aromatic ring is 1. The van der Waals surface area contributed by atoms with E-state index in [1.807, 2.05) is 12.1 Å². The van der Waals surface area contributed by atoms with Gasteiger partial charge in [0.1, 0.15) is 0 Å². The molecule has 1 aromatic carbocycles. The number of esters is 1. The third-order valence-electron chi connectivity index (χ3n) is 2.28. The highest BCUT2D eigenvalue weighted by atomic mass is 32.2. The summed E-state index contributed by atoms with van der Waals surface area (Å²) in [5.41, 5.74) is 7.76. The number of nitrogens with two attached hydrogens (primary N) is 1. The molecule has 0 atom stereocenters. The fraction of sp³-hybridized carbons (Fsp3) is 0.462. The van der Waals surface area contributed by atoms with Gasteiger partial charge in [0, 0.05) is 11.4 Å². The van der Waals surface area contributed by atoms with Gasteiger partial charge in [-0.1, -0.05) is 26.0 Å². The first-order valence-electron chi connectivity index (χ1n) is 5.59. The van der Waals surface area contributed by atoms with Crippen molar-refractivity contribution in [1.82, 2.24) is 0 Å². The third-order valence-corrected chi connectivity index (χ3v) is 3.70. The van der Waals surface area contributed by atoms with Gasteiger partial charge in [-0.05, 0) is 23.3 Å². The van der Waals surface area contributed by atoms with Gasteiger partial charge in [0.15, 0.2) is 0 Å². The molecule has 3 nitrogen and oxygen atoms in total. The highest BCUT2D eigenvalue weighted by molar-refractivity contribution is 7.98. The molecule has 0 radical (unpaired) electrons. The standard InChI is InChI=1S/C13H19NO2S/c1-9(2)7-17-8-10-5-4-6-11(14)12(10)13(15)16-3/h4-6,9H,7-8,14H2,1-3H3. The molecule has 0 amide bonds. The lowest BCUT2D eigenvalue weighted by Gasteiger charge is -2.11. The van der Waals surface area contributed by atoms with Crippen LogP contribution in [0.1, 0.15) is 29.8 Å². The zero-order chi connectivity index (χ0) is 12.8. The monoisotopic (exact) mass is 253 g/mol. The lowest BCUT2D eigenvalue weighted by Crippen LogP contribution is -2.09. The second-order valence-corrected chi connectivity index (χ2v) is 5.31. The Hall–Kier alpha value is -1.16. The van der Waals surface area contributed by atoms with E-state index < -0.39 is 0 Å². The number of ether oxygens (including phenoxy) is 1. The minimum atomic E-state index is -0.358. The SMILES string of the molecule is COC(=O)c1c(N)cccc1CSCC(C)C. The van der Waals surface area contributed by atoms with Crippen LogP contribution in [0.5, 0.6) is 0 Å². The van der Waals surface area contributed by atoms with Crippen molar-refractivity contribution >= 4 is 23.4 Å². The molecule has 0 aliphatic carbocycles. The van der Waals surface area contributed by atoms with Crippen LogP contribution in [0, 0.1) is 5.92 Å². The molecule has 0 unspecified atom stereocenters. The molecule has 94 valence electrons. The Morgan fingerprint density at radius 1 is 1.47 bits per heavy atom. The molecule has 0 spiro atoms. The van der Waals surface area contributed by atoms with Gasteiger partial charge in [-0.3, -0.25) is 0 Å². The molecule has 1 aromatic rings. The van der Waals surface area contributed by atoms with Gasteiger partial charge in [-0.2, -0.15) is 11.8 Å². The Bertz CT molecular complexity index is 391. The van der Waals surface area contributed by atoms with Gasteiger partial charge in [0.25, 0.3) is 0 Å². The number of rotatable bonds is 5. The number of carbonyl (C=O) groups is 1. The highest BCUT2D eigenvalue weighted by Crippen LogP contribution is 2.23. The molecule has 0 saturated carbocycles. The second-order valence-electron chi connectivity index (χ2n) is 4.28. The molecule has 0 fully saturated rings. The molecule has 17 heavy (non-hydrogen) atoms. The average molecular weight is 253 g/mol. The quantitative estimate of drug-likeness (QED) is 0.647. The molecule has 0 aliphatic heterocycles. The number of carbonyl (C=O) groups excluding carboxylic acids is 1. The van der Waals surface area contributed by atoms with Crippen LogP contribution in [0.25, 0.3) is 0 Å². The molecule has 0 aliphatic rings. The molecular formula is C13H19NO2S. The third kappa shape index (κ3) is 3.97. The summed E-state index contributed by atoms with van der Waals surface area (Å²) < 4.78 is 4.76. The minimum absolute atomic E-state index is 0.358. The normalized spacial score (nSPS) is 10.6. The molecule has 2 N–H and O–H groups in total. The smallest absolute Gasteiger partial charge is 0.340 e. The Morgan fingerprint density at radius 2 is 2.18 bits per heavy atom. The molecule has 1 rings (SSSR count). The van der Waals surface area contributed by atoms with Crippen LogP contribution in [0.2, 0.25) is 0 Å². The maximum absolute atomic E-state index is 11.6. The molecule has 0 bridgehead atoms. The van der Waals surface area contributed by atoms with Crippen molar-refractivity contribution < 1.29 is 9.53 Å². The minimum Gasteiger partial charge on any atom is -0.465 e. The van der Waals surface area contributed by atoms with Crippen molar-refractivity contribution in [3.63, 3.8) is 0 Å². The maximum atomic E-state index is 11.6. The number of methoxy groups -OCH3 is 1. The lowest BCUT2D eigenvalue weighted by atomic mass is 10.1. The van der Waals surface area contributed by atoms with Crippen molar-refractivity contribution in [2.75, 3.05) is 18.6 Å². The van der Waals surface area contributed by atoms with Crippen LogP contribution in [-0.4, -0.2) is 18.8 Å². The second kappa shape index (κ2) is 6.55. The van der Waals surface area contributed by atoms with Gasteiger partial charge < -0.3 is 10.5 Å². The topological polar surface area (TPSA) is 52.3 Å². The van der Waals surface area contributed by atoms with Crippen LogP contribution in [0.15, 0.2) is 18.2 Å². The number of hydrogen-bond donors (Lipinski definition) is 1. The Balaban J connectivity index is 2.83. The van der Waals surface area contributed by atoms with E-state index in [0.717, 1.165) is 17.1 Å². The Kier molecular flexibility index (Phi) is 5.35. The summed E-state index contributed by atoms with van der Waals surface area (Å²) in [6, 6.07) is 5.52.